The van der Waals surface area contributed by atoms with E-state index in [0.29, 0.717) is 18.2 Å². The molecule has 2 N–H and O–H groups in total. The van der Waals surface area contributed by atoms with Crippen molar-refractivity contribution in [1.82, 2.24) is 4.90 Å². The number of amides is 1. The molecule has 112 valence electrons. The fraction of sp³-hybridized carbons (Fsp3) is 0.533. The van der Waals surface area contributed by atoms with Crippen LogP contribution in [-0.2, 0) is 4.79 Å². The summed E-state index contributed by atoms with van der Waals surface area (Å²) in [6.45, 7) is 3.03. The van der Waals surface area contributed by atoms with E-state index >= 15 is 0 Å². The Morgan fingerprint density at radius 2 is 2.05 bits per heavy atom. The number of ether oxygens (including phenoxy) is 1. The van der Waals surface area contributed by atoms with E-state index < -0.39 is 6.04 Å². The van der Waals surface area contributed by atoms with Crippen molar-refractivity contribution in [3.05, 3.63) is 29.3 Å². The minimum atomic E-state index is -0.407. The van der Waals surface area contributed by atoms with E-state index in [9.17, 15) is 4.79 Å². The fourth-order valence-corrected chi connectivity index (χ4v) is 1.90. The maximum Gasteiger partial charge on any atom is 0.239 e. The van der Waals surface area contributed by atoms with E-state index in [1.54, 1.807) is 36.2 Å². The van der Waals surface area contributed by atoms with Crippen molar-refractivity contribution < 1.29 is 9.53 Å². The van der Waals surface area contributed by atoms with Crippen LogP contribution in [0.3, 0.4) is 0 Å². The summed E-state index contributed by atoms with van der Waals surface area (Å²) in [7, 11) is 1.75. The minimum absolute atomic E-state index is 0.0295. The molecule has 0 heterocycles. The second-order valence-electron chi connectivity index (χ2n) is 4.81. The number of nitrogens with two attached hydrogens (primary N) is 1. The summed E-state index contributed by atoms with van der Waals surface area (Å²) in [4.78, 5) is 13.6. The van der Waals surface area contributed by atoms with E-state index in [1.165, 1.54) is 0 Å². The molecule has 1 unspecified atom stereocenters. The van der Waals surface area contributed by atoms with Gasteiger partial charge in [-0.3, -0.25) is 4.79 Å². The molecule has 0 saturated carbocycles. The van der Waals surface area contributed by atoms with Crippen LogP contribution >= 0.6 is 11.6 Å². The van der Waals surface area contributed by atoms with Crippen LogP contribution in [0, 0.1) is 0 Å². The SMILES string of the molecule is CCCCC(N)C(=O)N(C)CCOc1ccc(Cl)cc1. The Morgan fingerprint density at radius 3 is 2.65 bits per heavy atom. The van der Waals surface area contributed by atoms with Crippen molar-refractivity contribution in [2.45, 2.75) is 32.2 Å². The first-order chi connectivity index (χ1) is 9.54. The van der Waals surface area contributed by atoms with E-state index in [2.05, 4.69) is 6.92 Å². The molecule has 0 aliphatic carbocycles. The second kappa shape index (κ2) is 8.82. The van der Waals surface area contributed by atoms with Crippen LogP contribution in [0.25, 0.3) is 0 Å². The zero-order chi connectivity index (χ0) is 15.0. The quantitative estimate of drug-likeness (QED) is 0.803. The van der Waals surface area contributed by atoms with Gasteiger partial charge >= 0.3 is 0 Å². The lowest BCUT2D eigenvalue weighted by atomic mass is 10.1. The number of carbonyl (C=O) groups excluding carboxylic acids is 1. The van der Waals surface area contributed by atoms with Crippen molar-refractivity contribution >= 4 is 17.5 Å². The number of halogens is 1. The maximum atomic E-state index is 12.0. The Hall–Kier alpha value is -1.26. The van der Waals surface area contributed by atoms with Gasteiger partial charge in [0.2, 0.25) is 5.91 Å². The summed E-state index contributed by atoms with van der Waals surface area (Å²) in [6.07, 6.45) is 2.75. The van der Waals surface area contributed by atoms with E-state index in [0.717, 1.165) is 25.0 Å². The molecule has 0 saturated heterocycles. The molecule has 0 bridgehead atoms. The average Bonchev–Trinajstić information content (AvgIpc) is 2.45. The minimum Gasteiger partial charge on any atom is -0.492 e. The molecule has 0 radical (unpaired) electrons. The van der Waals surface area contributed by atoms with Crippen LogP contribution in [-0.4, -0.2) is 37.0 Å². The third-order valence-corrected chi connectivity index (χ3v) is 3.32. The van der Waals surface area contributed by atoms with Crippen LogP contribution in [0.4, 0.5) is 0 Å². The van der Waals surface area contributed by atoms with Crippen LogP contribution in [0.2, 0.25) is 5.02 Å². The van der Waals surface area contributed by atoms with Crippen molar-refractivity contribution in [3.63, 3.8) is 0 Å². The molecule has 1 rings (SSSR count). The topological polar surface area (TPSA) is 55.6 Å². The predicted molar refractivity (Wildman–Crippen MR) is 82.1 cm³/mol. The summed E-state index contributed by atoms with van der Waals surface area (Å²) >= 11 is 5.79. The summed E-state index contributed by atoms with van der Waals surface area (Å²) in [5, 5.41) is 0.673. The van der Waals surface area contributed by atoms with E-state index in [-0.39, 0.29) is 5.91 Å². The Morgan fingerprint density at radius 1 is 1.40 bits per heavy atom. The van der Waals surface area contributed by atoms with E-state index in [1.807, 2.05) is 0 Å². The third-order valence-electron chi connectivity index (χ3n) is 3.07. The highest BCUT2D eigenvalue weighted by molar-refractivity contribution is 6.30. The molecule has 4 nitrogen and oxygen atoms in total. The monoisotopic (exact) mass is 298 g/mol. The molecular weight excluding hydrogens is 276 g/mol. The second-order valence-corrected chi connectivity index (χ2v) is 5.25. The highest BCUT2D eigenvalue weighted by atomic mass is 35.5. The van der Waals surface area contributed by atoms with E-state index in [4.69, 9.17) is 22.1 Å². The maximum absolute atomic E-state index is 12.0. The van der Waals surface area contributed by atoms with Gasteiger partial charge < -0.3 is 15.4 Å². The van der Waals surface area contributed by atoms with Gasteiger partial charge in [-0.2, -0.15) is 0 Å². The molecule has 0 aliphatic heterocycles. The van der Waals surface area contributed by atoms with Crippen molar-refractivity contribution in [1.29, 1.82) is 0 Å². The van der Waals surface area contributed by atoms with Gasteiger partial charge in [0.1, 0.15) is 12.4 Å². The molecule has 0 aliphatic rings. The number of hydrogen-bond acceptors (Lipinski definition) is 3. The number of benzene rings is 1. The number of hydrogen-bond donors (Lipinski definition) is 1. The highest BCUT2D eigenvalue weighted by Crippen LogP contribution is 2.15. The molecule has 5 heteroatoms. The molecule has 20 heavy (non-hydrogen) atoms. The van der Waals surface area contributed by atoms with Gasteiger partial charge in [0, 0.05) is 12.1 Å². The molecular formula is C15H23ClN2O2. The zero-order valence-corrected chi connectivity index (χ0v) is 12.9. The van der Waals surface area contributed by atoms with Gasteiger partial charge in [-0.25, -0.2) is 0 Å². The van der Waals surface area contributed by atoms with Gasteiger partial charge in [-0.15, -0.1) is 0 Å². The van der Waals surface area contributed by atoms with Gasteiger partial charge in [0.25, 0.3) is 0 Å². The number of carbonyl (C=O) groups is 1. The normalized spacial score (nSPS) is 12.0. The van der Waals surface area contributed by atoms with Gasteiger partial charge in [0.05, 0.1) is 12.6 Å². The fourth-order valence-electron chi connectivity index (χ4n) is 1.77. The lowest BCUT2D eigenvalue weighted by Gasteiger charge is -2.21. The first-order valence-corrected chi connectivity index (χ1v) is 7.31. The summed E-state index contributed by atoms with van der Waals surface area (Å²) in [5.74, 6) is 0.712. The molecule has 1 atom stereocenters. The molecule has 0 fully saturated rings. The summed E-state index contributed by atoms with van der Waals surface area (Å²) in [6, 6.07) is 6.74. The largest absolute Gasteiger partial charge is 0.492 e. The van der Waals surface area contributed by atoms with Crippen molar-refractivity contribution in [2.75, 3.05) is 20.2 Å². The Bertz CT molecular complexity index is 409. The van der Waals surface area contributed by atoms with Gasteiger partial charge in [-0.05, 0) is 30.7 Å². The highest BCUT2D eigenvalue weighted by Gasteiger charge is 2.17. The van der Waals surface area contributed by atoms with Crippen LogP contribution in [0.5, 0.6) is 5.75 Å². The lowest BCUT2D eigenvalue weighted by molar-refractivity contribution is -0.131. The predicted octanol–water partition coefficient (Wildman–Crippen LogP) is 2.69. The first-order valence-electron chi connectivity index (χ1n) is 6.93. The Balaban J connectivity index is 2.30. The Kier molecular flexibility index (Phi) is 7.41. The first kappa shape index (κ1) is 16.8. The van der Waals surface area contributed by atoms with Crippen LogP contribution in [0.15, 0.2) is 24.3 Å². The van der Waals surface area contributed by atoms with Gasteiger partial charge in [-0.1, -0.05) is 31.4 Å². The summed E-state index contributed by atoms with van der Waals surface area (Å²) in [5.41, 5.74) is 5.86. The number of unbranched alkanes of at least 4 members (excludes halogenated alkanes) is 1. The standard InChI is InChI=1S/C15H23ClN2O2/c1-3-4-5-14(17)15(19)18(2)10-11-20-13-8-6-12(16)7-9-13/h6-9,14H,3-5,10-11,17H2,1-2H3. The molecule has 1 amide bonds. The average molecular weight is 299 g/mol. The molecule has 0 spiro atoms. The number of nitrogens with zero attached hydrogens (tertiary/aromatic N) is 1. The van der Waals surface area contributed by atoms with Crippen molar-refractivity contribution in [3.8, 4) is 5.75 Å². The summed E-state index contributed by atoms with van der Waals surface area (Å²) < 4.78 is 5.55. The lowest BCUT2D eigenvalue weighted by Crippen LogP contribution is -2.43. The molecule has 0 aromatic heterocycles. The van der Waals surface area contributed by atoms with Crippen molar-refractivity contribution in [2.24, 2.45) is 5.73 Å². The molecule has 1 aromatic rings. The Labute approximate surface area is 125 Å². The zero-order valence-electron chi connectivity index (χ0n) is 12.1. The third kappa shape index (κ3) is 5.80. The molecule has 1 aromatic carbocycles. The number of likely N-dealkylation sites (N-methyl/N-ethyl adjacent to an activating group) is 1. The van der Waals surface area contributed by atoms with Crippen LogP contribution in [0.1, 0.15) is 26.2 Å². The van der Waals surface area contributed by atoms with Crippen LogP contribution < -0.4 is 10.5 Å². The van der Waals surface area contributed by atoms with Gasteiger partial charge in [0.15, 0.2) is 0 Å². The smallest absolute Gasteiger partial charge is 0.239 e. The number of rotatable bonds is 8.